The molecule has 0 aliphatic rings. The molecule has 21 heavy (non-hydrogen) atoms. The van der Waals surface area contributed by atoms with Crippen molar-refractivity contribution in [3.8, 4) is 0 Å². The molecule has 1 rings (SSSR count). The summed E-state index contributed by atoms with van der Waals surface area (Å²) in [7, 11) is 0. The standard InChI is InChI=1S/C17H27NO3/c1-4-10-18-15(11-16(19)20)17(21)14-8-6-13(7-9-14)12(3)5-2/h6-9,12,15,17-18,21H,4-5,10-11H2,1-3H3,(H,19,20). The third-order valence-corrected chi connectivity index (χ3v) is 3.89. The maximum Gasteiger partial charge on any atom is 0.305 e. The van der Waals surface area contributed by atoms with Gasteiger partial charge in [0.25, 0.3) is 0 Å². The van der Waals surface area contributed by atoms with Crippen molar-refractivity contribution in [1.29, 1.82) is 0 Å². The van der Waals surface area contributed by atoms with E-state index in [1.165, 1.54) is 5.56 Å². The van der Waals surface area contributed by atoms with Crippen LogP contribution in [0.3, 0.4) is 0 Å². The van der Waals surface area contributed by atoms with E-state index in [-0.39, 0.29) is 6.42 Å². The van der Waals surface area contributed by atoms with Crippen LogP contribution >= 0.6 is 0 Å². The molecular weight excluding hydrogens is 266 g/mol. The average molecular weight is 293 g/mol. The van der Waals surface area contributed by atoms with Gasteiger partial charge < -0.3 is 15.5 Å². The molecule has 0 bridgehead atoms. The van der Waals surface area contributed by atoms with Crippen LogP contribution in [-0.4, -0.2) is 28.8 Å². The number of hydrogen-bond donors (Lipinski definition) is 3. The Morgan fingerprint density at radius 3 is 2.24 bits per heavy atom. The van der Waals surface area contributed by atoms with E-state index < -0.39 is 18.1 Å². The van der Waals surface area contributed by atoms with Gasteiger partial charge in [-0.3, -0.25) is 4.79 Å². The van der Waals surface area contributed by atoms with Crippen molar-refractivity contribution in [3.05, 3.63) is 35.4 Å². The van der Waals surface area contributed by atoms with Gasteiger partial charge in [-0.1, -0.05) is 45.0 Å². The first-order valence-electron chi connectivity index (χ1n) is 7.72. The molecule has 3 unspecified atom stereocenters. The topological polar surface area (TPSA) is 69.6 Å². The van der Waals surface area contributed by atoms with Gasteiger partial charge in [-0.25, -0.2) is 0 Å². The second kappa shape index (κ2) is 8.80. The number of hydrogen-bond acceptors (Lipinski definition) is 3. The van der Waals surface area contributed by atoms with Crippen LogP contribution in [0.4, 0.5) is 0 Å². The van der Waals surface area contributed by atoms with Gasteiger partial charge in [0.1, 0.15) is 0 Å². The normalized spacial score (nSPS) is 15.4. The summed E-state index contributed by atoms with van der Waals surface area (Å²) in [5, 5.41) is 22.5. The molecule has 0 spiro atoms. The molecule has 0 radical (unpaired) electrons. The monoisotopic (exact) mass is 293 g/mol. The van der Waals surface area contributed by atoms with Crippen LogP contribution in [0.2, 0.25) is 0 Å². The Labute approximate surface area is 127 Å². The number of carbonyl (C=O) groups is 1. The first kappa shape index (κ1) is 17.7. The molecule has 1 aromatic carbocycles. The van der Waals surface area contributed by atoms with Crippen molar-refractivity contribution in [2.45, 2.75) is 58.1 Å². The summed E-state index contributed by atoms with van der Waals surface area (Å²) in [6.07, 6.45) is 1.07. The van der Waals surface area contributed by atoms with Crippen molar-refractivity contribution in [2.24, 2.45) is 0 Å². The molecule has 4 nitrogen and oxygen atoms in total. The van der Waals surface area contributed by atoms with Gasteiger partial charge >= 0.3 is 5.97 Å². The predicted molar refractivity (Wildman–Crippen MR) is 84.4 cm³/mol. The fourth-order valence-corrected chi connectivity index (χ4v) is 2.30. The minimum absolute atomic E-state index is 0.0890. The van der Waals surface area contributed by atoms with Crippen molar-refractivity contribution < 1.29 is 15.0 Å². The molecule has 0 amide bonds. The summed E-state index contributed by atoms with van der Waals surface area (Å²) < 4.78 is 0. The number of carboxylic acid groups (broad SMARTS) is 1. The van der Waals surface area contributed by atoms with Gasteiger partial charge in [-0.2, -0.15) is 0 Å². The average Bonchev–Trinajstić information content (AvgIpc) is 2.49. The number of benzene rings is 1. The van der Waals surface area contributed by atoms with Gasteiger partial charge in [0.2, 0.25) is 0 Å². The molecule has 0 heterocycles. The summed E-state index contributed by atoms with van der Waals surface area (Å²) >= 11 is 0. The third-order valence-electron chi connectivity index (χ3n) is 3.89. The predicted octanol–water partition coefficient (Wildman–Crippen LogP) is 3.08. The molecule has 1 aromatic rings. The van der Waals surface area contributed by atoms with Crippen LogP contribution in [0, 0.1) is 0 Å². The number of aliphatic hydroxyl groups is 1. The zero-order chi connectivity index (χ0) is 15.8. The number of rotatable bonds is 9. The van der Waals surface area contributed by atoms with Crippen LogP contribution in [-0.2, 0) is 4.79 Å². The Bertz CT molecular complexity index is 430. The fourth-order valence-electron chi connectivity index (χ4n) is 2.30. The summed E-state index contributed by atoms with van der Waals surface area (Å²) in [5.74, 6) is -0.414. The summed E-state index contributed by atoms with van der Waals surface area (Å²) in [4.78, 5) is 10.9. The molecule has 118 valence electrons. The van der Waals surface area contributed by atoms with Crippen molar-refractivity contribution in [2.75, 3.05) is 6.54 Å². The van der Waals surface area contributed by atoms with Gasteiger partial charge in [-0.15, -0.1) is 0 Å². The van der Waals surface area contributed by atoms with E-state index in [0.717, 1.165) is 18.4 Å². The molecule has 3 atom stereocenters. The summed E-state index contributed by atoms with van der Waals surface area (Å²) in [5.41, 5.74) is 2.00. The quantitative estimate of drug-likeness (QED) is 0.654. The van der Waals surface area contributed by atoms with Crippen LogP contribution in [0.25, 0.3) is 0 Å². The Hall–Kier alpha value is -1.39. The lowest BCUT2D eigenvalue weighted by Crippen LogP contribution is -2.37. The maximum atomic E-state index is 10.9. The molecule has 0 saturated carbocycles. The molecular formula is C17H27NO3. The minimum atomic E-state index is -0.904. The van der Waals surface area contributed by atoms with Gasteiger partial charge in [0, 0.05) is 6.04 Å². The maximum absolute atomic E-state index is 10.9. The first-order chi connectivity index (χ1) is 9.99. The van der Waals surface area contributed by atoms with E-state index in [4.69, 9.17) is 5.11 Å². The Morgan fingerprint density at radius 2 is 1.76 bits per heavy atom. The minimum Gasteiger partial charge on any atom is -0.481 e. The zero-order valence-electron chi connectivity index (χ0n) is 13.2. The fraction of sp³-hybridized carbons (Fsp3) is 0.588. The van der Waals surface area contributed by atoms with E-state index in [9.17, 15) is 9.90 Å². The van der Waals surface area contributed by atoms with Gasteiger partial charge in [0.05, 0.1) is 12.5 Å². The second-order valence-corrected chi connectivity index (χ2v) is 5.58. The zero-order valence-corrected chi connectivity index (χ0v) is 13.2. The van der Waals surface area contributed by atoms with Crippen molar-refractivity contribution in [3.63, 3.8) is 0 Å². The van der Waals surface area contributed by atoms with E-state index in [1.54, 1.807) is 0 Å². The Kier molecular flexibility index (Phi) is 7.40. The van der Waals surface area contributed by atoms with Crippen molar-refractivity contribution >= 4 is 5.97 Å². The highest BCUT2D eigenvalue weighted by atomic mass is 16.4. The Morgan fingerprint density at radius 1 is 1.19 bits per heavy atom. The molecule has 4 heteroatoms. The van der Waals surface area contributed by atoms with Crippen LogP contribution in [0.15, 0.2) is 24.3 Å². The number of carboxylic acids is 1. The molecule has 0 saturated heterocycles. The largest absolute Gasteiger partial charge is 0.481 e. The van der Waals surface area contributed by atoms with Crippen LogP contribution < -0.4 is 5.32 Å². The number of aliphatic carboxylic acids is 1. The SMILES string of the molecule is CCCNC(CC(=O)O)C(O)c1ccc(C(C)CC)cc1. The lowest BCUT2D eigenvalue weighted by Gasteiger charge is -2.23. The van der Waals surface area contributed by atoms with Crippen molar-refractivity contribution in [1.82, 2.24) is 5.32 Å². The molecule has 0 aliphatic carbocycles. The second-order valence-electron chi connectivity index (χ2n) is 5.58. The summed E-state index contributed by atoms with van der Waals surface area (Å²) in [6.45, 7) is 7.02. The smallest absolute Gasteiger partial charge is 0.305 e. The first-order valence-corrected chi connectivity index (χ1v) is 7.72. The number of nitrogens with one attached hydrogen (secondary N) is 1. The molecule has 0 fully saturated rings. The van der Waals surface area contributed by atoms with Crippen LogP contribution in [0.5, 0.6) is 0 Å². The highest BCUT2D eigenvalue weighted by Gasteiger charge is 2.23. The van der Waals surface area contributed by atoms with E-state index in [0.29, 0.717) is 12.5 Å². The molecule has 3 N–H and O–H groups in total. The van der Waals surface area contributed by atoms with E-state index in [1.807, 2.05) is 31.2 Å². The molecule has 0 aromatic heterocycles. The van der Waals surface area contributed by atoms with E-state index >= 15 is 0 Å². The van der Waals surface area contributed by atoms with Gasteiger partial charge in [-0.05, 0) is 36.4 Å². The van der Waals surface area contributed by atoms with E-state index in [2.05, 4.69) is 19.2 Å². The highest BCUT2D eigenvalue weighted by molar-refractivity contribution is 5.67. The lowest BCUT2D eigenvalue weighted by atomic mass is 9.94. The highest BCUT2D eigenvalue weighted by Crippen LogP contribution is 2.23. The Balaban J connectivity index is 2.81. The third kappa shape index (κ3) is 5.48. The lowest BCUT2D eigenvalue weighted by molar-refractivity contribution is -0.138. The van der Waals surface area contributed by atoms with Crippen LogP contribution in [0.1, 0.15) is 63.2 Å². The molecule has 0 aliphatic heterocycles. The van der Waals surface area contributed by atoms with Gasteiger partial charge in [0.15, 0.2) is 0 Å². The number of aliphatic hydroxyl groups excluding tert-OH is 1. The summed E-state index contributed by atoms with van der Waals surface area (Å²) in [6, 6.07) is 7.37.